The van der Waals surface area contributed by atoms with E-state index in [0.717, 1.165) is 30.6 Å². The molecule has 0 aromatic heterocycles. The highest BCUT2D eigenvalue weighted by molar-refractivity contribution is 7.91. The quantitative estimate of drug-likeness (QED) is 0.579. The van der Waals surface area contributed by atoms with Crippen molar-refractivity contribution in [2.24, 2.45) is 0 Å². The van der Waals surface area contributed by atoms with Crippen molar-refractivity contribution >= 4 is 15.7 Å². The number of nitrogens with zero attached hydrogens (tertiary/aromatic N) is 1. The molecule has 0 bridgehead atoms. The molecule has 2 saturated heterocycles. The zero-order chi connectivity index (χ0) is 24.0. The van der Waals surface area contributed by atoms with Crippen LogP contribution in [0.4, 0.5) is 0 Å². The number of methoxy groups -OCH3 is 1. The molecule has 34 heavy (non-hydrogen) atoms. The largest absolute Gasteiger partial charge is 0.493 e. The van der Waals surface area contributed by atoms with E-state index in [-0.39, 0.29) is 23.5 Å². The van der Waals surface area contributed by atoms with Crippen LogP contribution >= 0.6 is 0 Å². The number of ether oxygens (including phenoxy) is 3. The van der Waals surface area contributed by atoms with Gasteiger partial charge in [-0.15, -0.1) is 0 Å². The second kappa shape index (κ2) is 11.2. The Kier molecular flexibility index (Phi) is 8.07. The third-order valence-corrected chi connectivity index (χ3v) is 7.86. The zero-order valence-corrected chi connectivity index (χ0v) is 20.3. The molecule has 2 atom stereocenters. The van der Waals surface area contributed by atoms with Crippen LogP contribution in [0.1, 0.15) is 30.0 Å². The monoisotopic (exact) mass is 488 g/mol. The van der Waals surface area contributed by atoms with Gasteiger partial charge in [-0.2, -0.15) is 0 Å². The van der Waals surface area contributed by atoms with Gasteiger partial charge in [-0.1, -0.05) is 36.4 Å². The van der Waals surface area contributed by atoms with Gasteiger partial charge in [0.25, 0.3) is 0 Å². The highest BCUT2D eigenvalue weighted by Crippen LogP contribution is 2.29. The lowest BCUT2D eigenvalue weighted by atomic mass is 10.0. The van der Waals surface area contributed by atoms with Gasteiger partial charge < -0.3 is 19.5 Å². The summed E-state index contributed by atoms with van der Waals surface area (Å²) >= 11 is 0. The summed E-state index contributed by atoms with van der Waals surface area (Å²) in [6, 6.07) is 14.5. The fourth-order valence-corrected chi connectivity index (χ4v) is 5.56. The molecule has 2 aliphatic rings. The molecule has 1 amide bonds. The van der Waals surface area contributed by atoms with Crippen LogP contribution < -0.4 is 14.8 Å². The number of rotatable bonds is 9. The lowest BCUT2D eigenvalue weighted by molar-refractivity contribution is -0.126. The van der Waals surface area contributed by atoms with E-state index in [1.807, 2.05) is 53.4 Å². The van der Waals surface area contributed by atoms with Crippen LogP contribution in [-0.4, -0.2) is 70.2 Å². The van der Waals surface area contributed by atoms with Crippen molar-refractivity contribution in [1.29, 1.82) is 0 Å². The fourth-order valence-electron chi connectivity index (χ4n) is 4.33. The first kappa shape index (κ1) is 24.5. The first-order chi connectivity index (χ1) is 16.4. The van der Waals surface area contributed by atoms with Gasteiger partial charge in [0.1, 0.15) is 12.6 Å². The minimum absolute atomic E-state index is 0.0637. The Labute approximate surface area is 201 Å². The Hall–Kier alpha value is -2.62. The topological polar surface area (TPSA) is 94.2 Å². The number of hydrogen-bond acceptors (Lipinski definition) is 7. The van der Waals surface area contributed by atoms with Gasteiger partial charge in [0.15, 0.2) is 21.3 Å². The normalized spacial score (nSPS) is 21.0. The molecule has 9 heteroatoms. The van der Waals surface area contributed by atoms with Gasteiger partial charge >= 0.3 is 0 Å². The number of carbonyl (C=O) groups is 1. The van der Waals surface area contributed by atoms with Gasteiger partial charge in [-0.05, 0) is 36.1 Å². The van der Waals surface area contributed by atoms with E-state index in [1.54, 1.807) is 7.11 Å². The van der Waals surface area contributed by atoms with Gasteiger partial charge in [-0.25, -0.2) is 8.42 Å². The standard InChI is InChI=1S/C25H32N2O6S/c1-31-23-16-19(9-10-22(23)33-18-21-8-5-13-32-21)17-26-25(28)24(20-6-3-2-4-7-20)27-11-14-34(29,30)15-12-27/h2-4,6-7,9-10,16,21,24H,5,8,11-15,17-18H2,1H3,(H,26,28). The van der Waals surface area contributed by atoms with Crippen molar-refractivity contribution < 1.29 is 27.4 Å². The Morgan fingerprint density at radius 1 is 1.15 bits per heavy atom. The molecule has 0 saturated carbocycles. The van der Waals surface area contributed by atoms with Crippen molar-refractivity contribution in [3.05, 3.63) is 59.7 Å². The summed E-state index contributed by atoms with van der Waals surface area (Å²) in [6.07, 6.45) is 2.17. The Balaban J connectivity index is 1.41. The van der Waals surface area contributed by atoms with E-state index >= 15 is 0 Å². The zero-order valence-electron chi connectivity index (χ0n) is 19.4. The molecule has 2 aromatic rings. The number of carbonyl (C=O) groups excluding carboxylic acids is 1. The summed E-state index contributed by atoms with van der Waals surface area (Å²) in [5, 5.41) is 3.02. The Bertz CT molecular complexity index is 1060. The number of sulfone groups is 1. The first-order valence-corrected chi connectivity index (χ1v) is 13.5. The SMILES string of the molecule is COc1cc(CNC(=O)C(c2ccccc2)N2CCS(=O)(=O)CC2)ccc1OCC1CCCO1. The molecule has 8 nitrogen and oxygen atoms in total. The minimum atomic E-state index is -3.04. The average molecular weight is 489 g/mol. The van der Waals surface area contributed by atoms with Crippen LogP contribution in [0, 0.1) is 0 Å². The lowest BCUT2D eigenvalue weighted by Crippen LogP contribution is -2.47. The second-order valence-electron chi connectivity index (χ2n) is 8.65. The second-order valence-corrected chi connectivity index (χ2v) is 11.0. The Morgan fingerprint density at radius 3 is 2.59 bits per heavy atom. The van der Waals surface area contributed by atoms with Crippen molar-refractivity contribution in [1.82, 2.24) is 10.2 Å². The van der Waals surface area contributed by atoms with Crippen LogP contribution in [0.15, 0.2) is 48.5 Å². The summed E-state index contributed by atoms with van der Waals surface area (Å²) in [6.45, 7) is 2.24. The third kappa shape index (κ3) is 6.28. The molecule has 2 aliphatic heterocycles. The molecule has 2 unspecified atom stereocenters. The molecule has 0 radical (unpaired) electrons. The number of hydrogen-bond donors (Lipinski definition) is 1. The molecule has 1 N–H and O–H groups in total. The molecule has 2 heterocycles. The summed E-state index contributed by atoms with van der Waals surface area (Å²) < 4.78 is 40.8. The van der Waals surface area contributed by atoms with Gasteiger partial charge in [0, 0.05) is 26.2 Å². The van der Waals surface area contributed by atoms with Crippen molar-refractivity contribution in [2.75, 3.05) is 44.9 Å². The average Bonchev–Trinajstić information content (AvgIpc) is 3.37. The number of benzene rings is 2. The molecular weight excluding hydrogens is 456 g/mol. The van der Waals surface area contributed by atoms with E-state index < -0.39 is 15.9 Å². The van der Waals surface area contributed by atoms with Crippen molar-refractivity contribution in [2.45, 2.75) is 31.5 Å². The van der Waals surface area contributed by atoms with Crippen LogP contribution in [0.5, 0.6) is 11.5 Å². The summed E-state index contributed by atoms with van der Waals surface area (Å²) in [4.78, 5) is 15.2. The molecule has 0 spiro atoms. The van der Waals surface area contributed by atoms with E-state index in [0.29, 0.717) is 37.7 Å². The highest BCUT2D eigenvalue weighted by Gasteiger charge is 2.32. The minimum Gasteiger partial charge on any atom is -0.493 e. The first-order valence-electron chi connectivity index (χ1n) is 11.6. The summed E-state index contributed by atoms with van der Waals surface area (Å²) in [5.74, 6) is 1.21. The van der Waals surface area contributed by atoms with Gasteiger partial charge in [0.2, 0.25) is 5.91 Å². The van der Waals surface area contributed by atoms with E-state index in [4.69, 9.17) is 14.2 Å². The molecule has 4 rings (SSSR count). The van der Waals surface area contributed by atoms with E-state index in [1.165, 1.54) is 0 Å². The maximum absolute atomic E-state index is 13.3. The number of nitrogens with one attached hydrogen (secondary N) is 1. The summed E-state index contributed by atoms with van der Waals surface area (Å²) in [5.41, 5.74) is 1.72. The van der Waals surface area contributed by atoms with Gasteiger partial charge in [-0.3, -0.25) is 9.69 Å². The molecule has 0 aliphatic carbocycles. The predicted octanol–water partition coefficient (Wildman–Crippen LogP) is 2.34. The van der Waals surface area contributed by atoms with Crippen LogP contribution in [0.3, 0.4) is 0 Å². The molecular formula is C25H32N2O6S. The van der Waals surface area contributed by atoms with Crippen molar-refractivity contribution in [3.63, 3.8) is 0 Å². The maximum atomic E-state index is 13.3. The van der Waals surface area contributed by atoms with Crippen LogP contribution in [0.2, 0.25) is 0 Å². The fraction of sp³-hybridized carbons (Fsp3) is 0.480. The van der Waals surface area contributed by atoms with Crippen molar-refractivity contribution in [3.8, 4) is 11.5 Å². The van der Waals surface area contributed by atoms with Crippen LogP contribution in [-0.2, 0) is 25.9 Å². The lowest BCUT2D eigenvalue weighted by Gasteiger charge is -2.33. The third-order valence-electron chi connectivity index (χ3n) is 6.25. The maximum Gasteiger partial charge on any atom is 0.242 e. The van der Waals surface area contributed by atoms with Crippen LogP contribution in [0.25, 0.3) is 0 Å². The Morgan fingerprint density at radius 2 is 1.91 bits per heavy atom. The highest BCUT2D eigenvalue weighted by atomic mass is 32.2. The predicted molar refractivity (Wildman–Crippen MR) is 129 cm³/mol. The van der Waals surface area contributed by atoms with E-state index in [2.05, 4.69) is 5.32 Å². The smallest absolute Gasteiger partial charge is 0.242 e. The number of amides is 1. The van der Waals surface area contributed by atoms with Gasteiger partial charge in [0.05, 0.1) is 24.7 Å². The summed E-state index contributed by atoms with van der Waals surface area (Å²) in [7, 11) is -1.45. The molecule has 184 valence electrons. The molecule has 2 aromatic carbocycles. The molecule has 2 fully saturated rings. The van der Waals surface area contributed by atoms with E-state index in [9.17, 15) is 13.2 Å².